The lowest BCUT2D eigenvalue weighted by molar-refractivity contribution is -0.113. The van der Waals surface area contributed by atoms with Crippen molar-refractivity contribution in [2.24, 2.45) is 7.05 Å². The number of benzene rings is 1. The van der Waals surface area contributed by atoms with Crippen LogP contribution in [0.5, 0.6) is 0 Å². The lowest BCUT2D eigenvalue weighted by Gasteiger charge is -2.05. The number of nitrogens with zero attached hydrogens (tertiary/aromatic N) is 2. The summed E-state index contributed by atoms with van der Waals surface area (Å²) in [4.78, 5) is 16.7. The number of imidazole rings is 1. The molecule has 0 aliphatic carbocycles. The molecule has 1 unspecified atom stereocenters. The van der Waals surface area contributed by atoms with Gasteiger partial charge in [0.15, 0.2) is 5.16 Å². The van der Waals surface area contributed by atoms with Gasteiger partial charge in [0.25, 0.3) is 0 Å². The van der Waals surface area contributed by atoms with E-state index in [1.54, 1.807) is 36.7 Å². The van der Waals surface area contributed by atoms with Crippen LogP contribution in [0, 0.1) is 0 Å². The van der Waals surface area contributed by atoms with Crippen molar-refractivity contribution in [3.63, 3.8) is 0 Å². The van der Waals surface area contributed by atoms with Crippen molar-refractivity contribution in [1.82, 2.24) is 9.55 Å². The van der Waals surface area contributed by atoms with Gasteiger partial charge in [0.1, 0.15) is 0 Å². The van der Waals surface area contributed by atoms with Gasteiger partial charge in [-0.3, -0.25) is 9.00 Å². The Labute approximate surface area is 124 Å². The Morgan fingerprint density at radius 1 is 1.40 bits per heavy atom. The number of carbonyl (C=O) groups is 1. The van der Waals surface area contributed by atoms with E-state index in [1.807, 2.05) is 17.8 Å². The van der Waals surface area contributed by atoms with E-state index in [0.717, 1.165) is 10.1 Å². The number of hydrogen-bond donors (Lipinski definition) is 1. The van der Waals surface area contributed by atoms with Crippen LogP contribution in [0.4, 0.5) is 5.69 Å². The minimum atomic E-state index is -1.00. The van der Waals surface area contributed by atoms with Gasteiger partial charge < -0.3 is 9.88 Å². The Bertz CT molecular complexity index is 623. The summed E-state index contributed by atoms with van der Waals surface area (Å²) in [5, 5.41) is 3.60. The van der Waals surface area contributed by atoms with Crippen LogP contribution in [0.3, 0.4) is 0 Å². The normalized spacial score (nSPS) is 12.1. The third-order valence-corrected chi connectivity index (χ3v) is 4.57. The second-order valence-electron chi connectivity index (χ2n) is 4.14. The summed E-state index contributed by atoms with van der Waals surface area (Å²) in [5.74, 6) is 0.204. The summed E-state index contributed by atoms with van der Waals surface area (Å²) in [6.07, 6.45) is 5.16. The fourth-order valence-corrected chi connectivity index (χ4v) is 2.80. The van der Waals surface area contributed by atoms with Gasteiger partial charge >= 0.3 is 0 Å². The summed E-state index contributed by atoms with van der Waals surface area (Å²) < 4.78 is 13.1. The molecule has 1 aromatic heterocycles. The monoisotopic (exact) mass is 309 g/mol. The van der Waals surface area contributed by atoms with Crippen LogP contribution in [0.25, 0.3) is 0 Å². The summed E-state index contributed by atoms with van der Waals surface area (Å²) in [6.45, 7) is 0. The van der Waals surface area contributed by atoms with Crippen LogP contribution in [-0.2, 0) is 22.6 Å². The first-order chi connectivity index (χ1) is 9.56. The Balaban J connectivity index is 1.88. The number of carbonyl (C=O) groups excluding carboxylic acids is 1. The van der Waals surface area contributed by atoms with E-state index >= 15 is 0 Å². The van der Waals surface area contributed by atoms with Gasteiger partial charge in [-0.25, -0.2) is 4.98 Å². The highest BCUT2D eigenvalue weighted by molar-refractivity contribution is 7.99. The van der Waals surface area contributed by atoms with Gasteiger partial charge in [-0.15, -0.1) is 0 Å². The predicted octanol–water partition coefficient (Wildman–Crippen LogP) is 1.89. The minimum absolute atomic E-state index is 0.0941. The molecule has 1 heterocycles. The molecule has 7 heteroatoms. The van der Waals surface area contributed by atoms with Gasteiger partial charge in [0.05, 0.1) is 5.75 Å². The Morgan fingerprint density at radius 3 is 2.65 bits per heavy atom. The average Bonchev–Trinajstić information content (AvgIpc) is 2.82. The lowest BCUT2D eigenvalue weighted by Crippen LogP contribution is -2.14. The highest BCUT2D eigenvalue weighted by Gasteiger charge is 2.06. The predicted molar refractivity (Wildman–Crippen MR) is 81.3 cm³/mol. The number of amides is 1. The molecule has 0 fully saturated rings. The van der Waals surface area contributed by atoms with E-state index in [0.29, 0.717) is 11.4 Å². The molecule has 2 aromatic rings. The summed E-state index contributed by atoms with van der Waals surface area (Å²) >= 11 is 1.38. The van der Waals surface area contributed by atoms with Gasteiger partial charge in [-0.05, 0) is 24.3 Å². The van der Waals surface area contributed by atoms with Crippen LogP contribution in [0.2, 0.25) is 0 Å². The molecular formula is C13H15N3O2S2. The third-order valence-electron chi connectivity index (χ3n) is 2.58. The van der Waals surface area contributed by atoms with Crippen molar-refractivity contribution in [2.45, 2.75) is 10.1 Å². The van der Waals surface area contributed by atoms with E-state index < -0.39 is 10.8 Å². The van der Waals surface area contributed by atoms with Gasteiger partial charge in [-0.2, -0.15) is 0 Å². The molecule has 1 atom stereocenters. The van der Waals surface area contributed by atoms with E-state index in [1.165, 1.54) is 11.8 Å². The first-order valence-corrected chi connectivity index (χ1v) is 8.44. The zero-order valence-corrected chi connectivity index (χ0v) is 12.8. The van der Waals surface area contributed by atoms with Crippen molar-refractivity contribution < 1.29 is 9.00 Å². The van der Waals surface area contributed by atoms with Crippen LogP contribution < -0.4 is 5.32 Å². The Morgan fingerprint density at radius 2 is 2.10 bits per heavy atom. The van der Waals surface area contributed by atoms with Crippen LogP contribution in [-0.4, -0.2) is 31.7 Å². The van der Waals surface area contributed by atoms with E-state index in [2.05, 4.69) is 10.3 Å². The maximum absolute atomic E-state index is 11.8. The molecule has 20 heavy (non-hydrogen) atoms. The summed E-state index contributed by atoms with van der Waals surface area (Å²) in [6, 6.07) is 7.00. The molecule has 2 rings (SSSR count). The molecule has 1 N–H and O–H groups in total. The molecule has 5 nitrogen and oxygen atoms in total. The molecule has 1 amide bonds. The maximum atomic E-state index is 11.8. The molecule has 106 valence electrons. The number of rotatable bonds is 5. The molecule has 0 bridgehead atoms. The number of aryl methyl sites for hydroxylation is 1. The average molecular weight is 309 g/mol. The van der Waals surface area contributed by atoms with Crippen molar-refractivity contribution in [3.05, 3.63) is 36.7 Å². The molecule has 0 aliphatic heterocycles. The highest BCUT2D eigenvalue weighted by atomic mass is 32.2. The number of nitrogens with one attached hydrogen (secondary N) is 1. The van der Waals surface area contributed by atoms with E-state index in [9.17, 15) is 9.00 Å². The fraction of sp³-hybridized carbons (Fsp3) is 0.231. The van der Waals surface area contributed by atoms with Crippen molar-refractivity contribution in [1.29, 1.82) is 0 Å². The van der Waals surface area contributed by atoms with Crippen molar-refractivity contribution in [3.8, 4) is 0 Å². The van der Waals surface area contributed by atoms with Crippen LogP contribution >= 0.6 is 11.8 Å². The van der Waals surface area contributed by atoms with Crippen molar-refractivity contribution >= 4 is 34.2 Å². The zero-order valence-electron chi connectivity index (χ0n) is 11.2. The second kappa shape index (κ2) is 6.71. The third kappa shape index (κ3) is 3.94. The highest BCUT2D eigenvalue weighted by Crippen LogP contribution is 2.16. The number of anilines is 1. The SMILES string of the molecule is Cn1ccnc1SCC(=O)Nc1ccc(S(C)=O)cc1. The maximum Gasteiger partial charge on any atom is 0.234 e. The first-order valence-electron chi connectivity index (χ1n) is 5.90. The molecule has 0 spiro atoms. The van der Waals surface area contributed by atoms with Gasteiger partial charge in [0.2, 0.25) is 5.91 Å². The second-order valence-corrected chi connectivity index (χ2v) is 6.46. The summed E-state index contributed by atoms with van der Waals surface area (Å²) in [5.41, 5.74) is 0.699. The molecular weight excluding hydrogens is 294 g/mol. The molecule has 0 saturated heterocycles. The Hall–Kier alpha value is -1.60. The Kier molecular flexibility index (Phi) is 4.97. The molecule has 0 aliphatic rings. The fourth-order valence-electron chi connectivity index (χ4n) is 1.55. The molecule has 0 radical (unpaired) electrons. The van der Waals surface area contributed by atoms with Crippen molar-refractivity contribution in [2.75, 3.05) is 17.3 Å². The van der Waals surface area contributed by atoms with Gasteiger partial charge in [0, 0.05) is 47.1 Å². The lowest BCUT2D eigenvalue weighted by atomic mass is 10.3. The smallest absolute Gasteiger partial charge is 0.234 e. The van der Waals surface area contributed by atoms with Crippen LogP contribution in [0.1, 0.15) is 0 Å². The zero-order chi connectivity index (χ0) is 14.5. The number of hydrogen-bond acceptors (Lipinski definition) is 4. The van der Waals surface area contributed by atoms with E-state index in [4.69, 9.17) is 0 Å². The number of aromatic nitrogens is 2. The van der Waals surface area contributed by atoms with Gasteiger partial charge in [-0.1, -0.05) is 11.8 Å². The first kappa shape index (κ1) is 14.8. The quantitative estimate of drug-likeness (QED) is 0.857. The largest absolute Gasteiger partial charge is 0.329 e. The van der Waals surface area contributed by atoms with Crippen LogP contribution in [0.15, 0.2) is 46.7 Å². The number of thioether (sulfide) groups is 1. The summed E-state index contributed by atoms with van der Waals surface area (Å²) in [7, 11) is 0.882. The standard InChI is InChI=1S/C13H15N3O2S2/c1-16-8-7-14-13(16)19-9-12(17)15-10-3-5-11(6-4-10)20(2)18/h3-8H,9H2,1-2H3,(H,15,17). The topological polar surface area (TPSA) is 64.0 Å². The minimum Gasteiger partial charge on any atom is -0.329 e. The molecule has 1 aromatic carbocycles. The molecule has 0 saturated carbocycles. The van der Waals surface area contributed by atoms with E-state index in [-0.39, 0.29) is 5.91 Å².